The van der Waals surface area contributed by atoms with E-state index < -0.39 is 22.6 Å². The highest BCUT2D eigenvalue weighted by Gasteiger charge is 2.34. The fraction of sp³-hybridized carbons (Fsp3) is 0.0476. The van der Waals surface area contributed by atoms with Gasteiger partial charge < -0.3 is 9.73 Å². The zero-order chi connectivity index (χ0) is 22.9. The first-order valence-electron chi connectivity index (χ1n) is 9.01. The third kappa shape index (κ3) is 4.57. The number of amidine groups is 1. The molecule has 1 amide bonds. The maximum atomic E-state index is 13.2. The summed E-state index contributed by atoms with van der Waals surface area (Å²) in [4.78, 5) is 26.8. The average Bonchev–Trinajstić information content (AvgIpc) is 3.34. The van der Waals surface area contributed by atoms with Crippen LogP contribution in [0.25, 0.3) is 17.4 Å². The summed E-state index contributed by atoms with van der Waals surface area (Å²) < 4.78 is 45.1. The summed E-state index contributed by atoms with van der Waals surface area (Å²) in [6, 6.07) is 13.8. The summed E-state index contributed by atoms with van der Waals surface area (Å²) in [5, 5.41) is 13.4. The zero-order valence-electron chi connectivity index (χ0n) is 15.9. The Labute approximate surface area is 182 Å². The number of hydrogen-bond donors (Lipinski definition) is 1. The van der Waals surface area contributed by atoms with Crippen LogP contribution in [0.15, 0.2) is 75.0 Å². The Balaban J connectivity index is 1.57. The summed E-state index contributed by atoms with van der Waals surface area (Å²) in [7, 11) is 0. The molecule has 1 aliphatic rings. The topological polar surface area (TPSA) is 97.7 Å². The van der Waals surface area contributed by atoms with Crippen LogP contribution in [-0.4, -0.2) is 16.0 Å². The van der Waals surface area contributed by atoms with E-state index in [9.17, 15) is 28.1 Å². The minimum absolute atomic E-state index is 0.00316. The molecule has 1 aromatic heterocycles. The first kappa shape index (κ1) is 21.4. The number of nitrogens with one attached hydrogen (secondary N) is 1. The Morgan fingerprint density at radius 2 is 1.88 bits per heavy atom. The maximum Gasteiger partial charge on any atom is 0.418 e. The Morgan fingerprint density at radius 3 is 2.62 bits per heavy atom. The number of rotatable bonds is 4. The van der Waals surface area contributed by atoms with Crippen LogP contribution in [0.1, 0.15) is 11.3 Å². The van der Waals surface area contributed by atoms with Crippen molar-refractivity contribution in [2.45, 2.75) is 6.18 Å². The van der Waals surface area contributed by atoms with Crippen molar-refractivity contribution in [2.75, 3.05) is 0 Å². The summed E-state index contributed by atoms with van der Waals surface area (Å²) in [6.07, 6.45) is -3.16. The van der Waals surface area contributed by atoms with Crippen LogP contribution in [0, 0.1) is 10.1 Å². The van der Waals surface area contributed by atoms with Crippen molar-refractivity contribution < 1.29 is 27.3 Å². The largest absolute Gasteiger partial charge is 0.457 e. The molecule has 1 fully saturated rings. The monoisotopic (exact) mass is 459 g/mol. The number of carbonyl (C=O) groups excluding carboxylic acids is 1. The smallest absolute Gasteiger partial charge is 0.418 e. The minimum atomic E-state index is -4.58. The molecule has 1 saturated heterocycles. The summed E-state index contributed by atoms with van der Waals surface area (Å²) in [6.45, 7) is 0. The molecule has 162 valence electrons. The molecule has 11 heteroatoms. The number of carbonyl (C=O) groups is 1. The molecule has 2 heterocycles. The lowest BCUT2D eigenvalue weighted by Gasteiger charge is -2.09. The number of halogens is 3. The molecule has 4 rings (SSSR count). The van der Waals surface area contributed by atoms with Gasteiger partial charge in [0.1, 0.15) is 11.5 Å². The lowest BCUT2D eigenvalue weighted by atomic mass is 10.1. The fourth-order valence-electron chi connectivity index (χ4n) is 2.89. The molecule has 32 heavy (non-hydrogen) atoms. The number of nitrogens with zero attached hydrogens (tertiary/aromatic N) is 2. The van der Waals surface area contributed by atoms with Crippen molar-refractivity contribution >= 4 is 40.3 Å². The summed E-state index contributed by atoms with van der Waals surface area (Å²) in [5.74, 6) is 0.115. The lowest BCUT2D eigenvalue weighted by molar-refractivity contribution is -0.384. The quantitative estimate of drug-likeness (QED) is 0.304. The van der Waals surface area contributed by atoms with Crippen molar-refractivity contribution in [2.24, 2.45) is 4.99 Å². The second-order valence-corrected chi connectivity index (χ2v) is 7.54. The third-order valence-electron chi connectivity index (χ3n) is 4.32. The highest BCUT2D eigenvalue weighted by Crippen LogP contribution is 2.37. The molecule has 2 aromatic carbocycles. The number of nitro benzene ring substituents is 1. The van der Waals surface area contributed by atoms with Gasteiger partial charge >= 0.3 is 6.18 Å². The van der Waals surface area contributed by atoms with Crippen molar-refractivity contribution in [1.29, 1.82) is 0 Å². The molecule has 0 atom stereocenters. The standard InChI is InChI=1S/C21H12F3N3O4S/c22-21(23,24)15-6-1-2-7-16(15)25-20-26-19(28)18(32-20)11-14-8-9-17(31-14)12-4-3-5-13(10-12)27(29)30/h1-11H,(H,25,26,28). The second kappa shape index (κ2) is 8.35. The highest BCUT2D eigenvalue weighted by molar-refractivity contribution is 8.18. The van der Waals surface area contributed by atoms with Gasteiger partial charge in [-0.1, -0.05) is 24.3 Å². The molecule has 1 N–H and O–H groups in total. The van der Waals surface area contributed by atoms with Gasteiger partial charge in [0.2, 0.25) is 0 Å². The van der Waals surface area contributed by atoms with Gasteiger partial charge in [0.25, 0.3) is 11.6 Å². The molecule has 0 unspecified atom stereocenters. The van der Waals surface area contributed by atoms with E-state index in [0.717, 1.165) is 17.8 Å². The molecule has 0 radical (unpaired) electrons. The number of aliphatic imine (C=N–C) groups is 1. The molecule has 7 nitrogen and oxygen atoms in total. The molecule has 0 saturated carbocycles. The summed E-state index contributed by atoms with van der Waals surface area (Å²) in [5.41, 5.74) is -0.828. The first-order chi connectivity index (χ1) is 15.2. The van der Waals surface area contributed by atoms with E-state index >= 15 is 0 Å². The number of benzene rings is 2. The molecule has 0 bridgehead atoms. The van der Waals surface area contributed by atoms with Gasteiger partial charge in [-0.25, -0.2) is 4.99 Å². The zero-order valence-corrected chi connectivity index (χ0v) is 16.7. The van der Waals surface area contributed by atoms with Gasteiger partial charge in [0, 0.05) is 23.8 Å². The van der Waals surface area contributed by atoms with E-state index in [-0.39, 0.29) is 21.4 Å². The Bertz CT molecular complexity index is 1280. The van der Waals surface area contributed by atoms with Gasteiger partial charge in [0.05, 0.1) is 21.1 Å². The number of para-hydroxylation sites is 1. The van der Waals surface area contributed by atoms with Gasteiger partial charge in [-0.05, 0) is 36.0 Å². The average molecular weight is 459 g/mol. The Morgan fingerprint density at radius 1 is 1.09 bits per heavy atom. The third-order valence-corrected chi connectivity index (χ3v) is 5.23. The first-order valence-corrected chi connectivity index (χ1v) is 9.83. The van der Waals surface area contributed by atoms with E-state index in [1.165, 1.54) is 42.5 Å². The van der Waals surface area contributed by atoms with Crippen LogP contribution in [0.2, 0.25) is 0 Å². The predicted octanol–water partition coefficient (Wildman–Crippen LogP) is 5.77. The second-order valence-electron chi connectivity index (χ2n) is 6.51. The number of alkyl halides is 3. The number of non-ortho nitro benzene ring substituents is 1. The molecular weight excluding hydrogens is 447 g/mol. The van der Waals surface area contributed by atoms with Crippen LogP contribution in [0.5, 0.6) is 0 Å². The number of amides is 1. The Kier molecular flexibility index (Phi) is 5.57. The van der Waals surface area contributed by atoms with Crippen LogP contribution < -0.4 is 5.32 Å². The van der Waals surface area contributed by atoms with E-state index in [1.54, 1.807) is 18.2 Å². The van der Waals surface area contributed by atoms with E-state index in [0.29, 0.717) is 17.1 Å². The van der Waals surface area contributed by atoms with E-state index in [4.69, 9.17) is 4.42 Å². The SMILES string of the molecule is O=C1NC(=Nc2ccccc2C(F)(F)F)SC1=Cc1ccc(-c2cccc([N+](=O)[O-])c2)o1. The predicted molar refractivity (Wildman–Crippen MR) is 113 cm³/mol. The lowest BCUT2D eigenvalue weighted by Crippen LogP contribution is -2.19. The van der Waals surface area contributed by atoms with E-state index in [2.05, 4.69) is 10.3 Å². The van der Waals surface area contributed by atoms with Crippen molar-refractivity contribution in [3.63, 3.8) is 0 Å². The number of furan rings is 1. The van der Waals surface area contributed by atoms with Gasteiger partial charge in [0.15, 0.2) is 5.17 Å². The maximum absolute atomic E-state index is 13.2. The summed E-state index contributed by atoms with van der Waals surface area (Å²) >= 11 is 0.873. The molecule has 1 aliphatic heterocycles. The molecular formula is C21H12F3N3O4S. The fourth-order valence-corrected chi connectivity index (χ4v) is 3.70. The number of thioether (sulfide) groups is 1. The van der Waals surface area contributed by atoms with Crippen LogP contribution >= 0.6 is 11.8 Å². The number of hydrogen-bond acceptors (Lipinski definition) is 6. The normalized spacial score (nSPS) is 16.5. The molecule has 0 aliphatic carbocycles. The van der Waals surface area contributed by atoms with Crippen molar-refractivity contribution in [3.8, 4) is 11.3 Å². The van der Waals surface area contributed by atoms with Crippen LogP contribution in [-0.2, 0) is 11.0 Å². The van der Waals surface area contributed by atoms with Crippen molar-refractivity contribution in [3.05, 3.63) is 87.0 Å². The van der Waals surface area contributed by atoms with Crippen LogP contribution in [0.3, 0.4) is 0 Å². The molecule has 0 spiro atoms. The van der Waals surface area contributed by atoms with Gasteiger partial charge in [-0.2, -0.15) is 13.2 Å². The molecule has 3 aromatic rings. The van der Waals surface area contributed by atoms with E-state index in [1.807, 2.05) is 0 Å². The van der Waals surface area contributed by atoms with Gasteiger partial charge in [-0.3, -0.25) is 14.9 Å². The van der Waals surface area contributed by atoms with Gasteiger partial charge in [-0.15, -0.1) is 0 Å². The highest BCUT2D eigenvalue weighted by atomic mass is 32.2. The van der Waals surface area contributed by atoms with Crippen LogP contribution in [0.4, 0.5) is 24.5 Å². The minimum Gasteiger partial charge on any atom is -0.457 e. The Hall–Kier alpha value is -3.86. The number of nitro groups is 1. The van der Waals surface area contributed by atoms with Crippen molar-refractivity contribution in [1.82, 2.24) is 5.32 Å².